The lowest BCUT2D eigenvalue weighted by Crippen LogP contribution is -2.36. The van der Waals surface area contributed by atoms with Crippen molar-refractivity contribution in [1.29, 1.82) is 0 Å². The van der Waals surface area contributed by atoms with Crippen molar-refractivity contribution in [3.8, 4) is 0 Å². The van der Waals surface area contributed by atoms with Crippen molar-refractivity contribution >= 4 is 29.5 Å². The average Bonchev–Trinajstić information content (AvgIpc) is 2.76. The molecule has 0 aliphatic rings. The Labute approximate surface area is 193 Å². The molecule has 0 bridgehead atoms. The lowest BCUT2D eigenvalue weighted by Gasteiger charge is -2.19. The fraction of sp³-hybridized carbons (Fsp3) is 0.333. The first-order valence-electron chi connectivity index (χ1n) is 10.6. The van der Waals surface area contributed by atoms with Crippen molar-refractivity contribution in [1.82, 2.24) is 16.0 Å². The number of anilines is 1. The van der Waals surface area contributed by atoms with Crippen molar-refractivity contribution in [2.24, 2.45) is 0 Å². The summed E-state index contributed by atoms with van der Waals surface area (Å²) >= 11 is 0. The van der Waals surface area contributed by atoms with Gasteiger partial charge in [-0.25, -0.2) is 4.79 Å². The van der Waals surface area contributed by atoms with E-state index in [2.05, 4.69) is 21.3 Å². The van der Waals surface area contributed by atoms with Gasteiger partial charge in [0.2, 0.25) is 11.8 Å². The zero-order chi connectivity index (χ0) is 24.3. The monoisotopic (exact) mass is 454 g/mol. The third-order valence-electron chi connectivity index (χ3n) is 4.19. The van der Waals surface area contributed by atoms with Crippen molar-refractivity contribution in [3.63, 3.8) is 0 Å². The Morgan fingerprint density at radius 1 is 0.818 bits per heavy atom. The number of nitrogens with one attached hydrogen (secondary N) is 4. The molecule has 0 radical (unpaired) electrons. The van der Waals surface area contributed by atoms with Gasteiger partial charge in [-0.2, -0.15) is 0 Å². The number of alkyl carbamates (subject to hydrolysis) is 1. The van der Waals surface area contributed by atoms with Gasteiger partial charge in [-0.05, 0) is 50.6 Å². The Kier molecular flexibility index (Phi) is 9.41. The zero-order valence-corrected chi connectivity index (χ0v) is 19.1. The Morgan fingerprint density at radius 3 is 2.12 bits per heavy atom. The Morgan fingerprint density at radius 2 is 1.48 bits per heavy atom. The average molecular weight is 455 g/mol. The minimum Gasteiger partial charge on any atom is -0.444 e. The number of rotatable bonds is 9. The molecule has 4 amide bonds. The van der Waals surface area contributed by atoms with Crippen LogP contribution in [0, 0.1) is 0 Å². The highest BCUT2D eigenvalue weighted by Gasteiger charge is 2.16. The zero-order valence-electron chi connectivity index (χ0n) is 19.1. The van der Waals surface area contributed by atoms with Crippen LogP contribution in [-0.4, -0.2) is 42.5 Å². The topological polar surface area (TPSA) is 126 Å². The Bertz CT molecular complexity index is 953. The Balaban J connectivity index is 1.66. The first-order valence-corrected chi connectivity index (χ1v) is 10.6. The molecule has 4 N–H and O–H groups in total. The summed E-state index contributed by atoms with van der Waals surface area (Å²) in [5, 5.41) is 10.6. The van der Waals surface area contributed by atoms with E-state index in [1.165, 1.54) is 0 Å². The summed E-state index contributed by atoms with van der Waals surface area (Å²) < 4.78 is 5.11. The molecule has 0 fully saturated rings. The van der Waals surface area contributed by atoms with Crippen LogP contribution in [-0.2, 0) is 20.9 Å². The molecular formula is C24H30N4O5. The van der Waals surface area contributed by atoms with Gasteiger partial charge in [-0.1, -0.05) is 30.3 Å². The summed E-state index contributed by atoms with van der Waals surface area (Å²) in [4.78, 5) is 47.5. The molecule has 0 aliphatic heterocycles. The third-order valence-corrected chi connectivity index (χ3v) is 4.19. The van der Waals surface area contributed by atoms with Crippen molar-refractivity contribution in [2.75, 3.05) is 18.4 Å². The highest BCUT2D eigenvalue weighted by Crippen LogP contribution is 2.10. The fourth-order valence-corrected chi connectivity index (χ4v) is 2.64. The highest BCUT2D eigenvalue weighted by atomic mass is 16.6. The summed E-state index contributed by atoms with van der Waals surface area (Å²) in [5.74, 6) is -0.873. The normalized spacial score (nSPS) is 10.6. The number of hydrogen-bond acceptors (Lipinski definition) is 5. The molecule has 0 heterocycles. The molecule has 2 aromatic rings. The molecule has 0 aromatic heterocycles. The lowest BCUT2D eigenvalue weighted by molar-refractivity contribution is -0.120. The molecule has 33 heavy (non-hydrogen) atoms. The predicted molar refractivity (Wildman–Crippen MR) is 125 cm³/mol. The van der Waals surface area contributed by atoms with E-state index in [0.717, 1.165) is 5.56 Å². The quantitative estimate of drug-likeness (QED) is 0.463. The highest BCUT2D eigenvalue weighted by molar-refractivity contribution is 5.96. The third kappa shape index (κ3) is 10.3. The Hall–Kier alpha value is -3.88. The second-order valence-electron chi connectivity index (χ2n) is 8.25. The number of ether oxygens (including phenoxy) is 1. The van der Waals surface area contributed by atoms with E-state index in [1.807, 2.05) is 6.07 Å². The van der Waals surface area contributed by atoms with Gasteiger partial charge in [0.1, 0.15) is 5.60 Å². The van der Waals surface area contributed by atoms with Crippen LogP contribution >= 0.6 is 0 Å². The molecule has 9 nitrogen and oxygen atoms in total. The molecule has 176 valence electrons. The number of amides is 4. The van der Waals surface area contributed by atoms with Gasteiger partial charge in [0.05, 0.1) is 6.54 Å². The van der Waals surface area contributed by atoms with E-state index < -0.39 is 11.7 Å². The predicted octanol–water partition coefficient (Wildman–Crippen LogP) is 2.59. The second kappa shape index (κ2) is 12.2. The summed E-state index contributed by atoms with van der Waals surface area (Å²) in [7, 11) is 0. The van der Waals surface area contributed by atoms with Gasteiger partial charge in [0.25, 0.3) is 5.91 Å². The molecule has 0 saturated heterocycles. The number of hydrogen-bond donors (Lipinski definition) is 4. The SMILES string of the molecule is CC(C)(C)OC(=O)NCCC(=O)Nc1ccc(CNC(=O)CNC(=O)c2ccccc2)cc1. The van der Waals surface area contributed by atoms with Crippen LogP contribution in [0.4, 0.5) is 10.5 Å². The molecule has 9 heteroatoms. The minimum absolute atomic E-state index is 0.103. The van der Waals surface area contributed by atoms with Crippen LogP contribution in [0.15, 0.2) is 54.6 Å². The smallest absolute Gasteiger partial charge is 0.407 e. The first kappa shape index (κ1) is 25.4. The van der Waals surface area contributed by atoms with Crippen LogP contribution in [0.1, 0.15) is 43.1 Å². The maximum Gasteiger partial charge on any atom is 0.407 e. The van der Waals surface area contributed by atoms with Crippen LogP contribution < -0.4 is 21.3 Å². The van der Waals surface area contributed by atoms with Gasteiger partial charge in [0.15, 0.2) is 0 Å². The number of carbonyl (C=O) groups excluding carboxylic acids is 4. The standard InChI is InChI=1S/C24H30N4O5/c1-24(2,3)33-23(32)25-14-13-20(29)28-19-11-9-17(10-12-19)15-26-21(30)16-27-22(31)18-7-5-4-6-8-18/h4-12H,13-16H2,1-3H3,(H,25,32)(H,26,30)(H,27,31)(H,28,29). The molecule has 0 aliphatic carbocycles. The van der Waals surface area contributed by atoms with Crippen LogP contribution in [0.3, 0.4) is 0 Å². The van der Waals surface area contributed by atoms with Gasteiger partial charge in [0, 0.05) is 30.8 Å². The first-order chi connectivity index (χ1) is 15.6. The largest absolute Gasteiger partial charge is 0.444 e. The van der Waals surface area contributed by atoms with E-state index in [4.69, 9.17) is 4.74 Å². The molecule has 0 saturated carbocycles. The van der Waals surface area contributed by atoms with Crippen LogP contribution in [0.2, 0.25) is 0 Å². The van der Waals surface area contributed by atoms with E-state index in [9.17, 15) is 19.2 Å². The number of benzene rings is 2. The van der Waals surface area contributed by atoms with E-state index in [0.29, 0.717) is 11.3 Å². The van der Waals surface area contributed by atoms with Crippen molar-refractivity contribution < 1.29 is 23.9 Å². The minimum atomic E-state index is -0.594. The van der Waals surface area contributed by atoms with Crippen LogP contribution in [0.5, 0.6) is 0 Å². The second-order valence-corrected chi connectivity index (χ2v) is 8.25. The maximum absolute atomic E-state index is 12.0. The molecule has 2 rings (SSSR count). The van der Waals surface area contributed by atoms with Gasteiger partial charge < -0.3 is 26.0 Å². The molecular weight excluding hydrogens is 424 g/mol. The van der Waals surface area contributed by atoms with Crippen molar-refractivity contribution in [2.45, 2.75) is 39.3 Å². The molecule has 2 aromatic carbocycles. The molecule has 0 unspecified atom stereocenters. The maximum atomic E-state index is 12.0. The summed E-state index contributed by atoms with van der Waals surface area (Å²) in [6.07, 6.45) is -0.465. The fourth-order valence-electron chi connectivity index (χ4n) is 2.64. The summed E-state index contributed by atoms with van der Waals surface area (Å²) in [6.45, 7) is 5.60. The van der Waals surface area contributed by atoms with Gasteiger partial charge >= 0.3 is 6.09 Å². The van der Waals surface area contributed by atoms with Crippen LogP contribution in [0.25, 0.3) is 0 Å². The van der Waals surface area contributed by atoms with Gasteiger partial charge in [-0.15, -0.1) is 0 Å². The van der Waals surface area contributed by atoms with Gasteiger partial charge in [-0.3, -0.25) is 14.4 Å². The molecule has 0 atom stereocenters. The molecule has 0 spiro atoms. The van der Waals surface area contributed by atoms with E-state index in [-0.39, 0.29) is 43.8 Å². The summed E-state index contributed by atoms with van der Waals surface area (Å²) in [5.41, 5.74) is 1.33. The van der Waals surface area contributed by atoms with E-state index >= 15 is 0 Å². The van der Waals surface area contributed by atoms with Crippen molar-refractivity contribution in [3.05, 3.63) is 65.7 Å². The summed E-state index contributed by atoms with van der Waals surface area (Å²) in [6, 6.07) is 15.6. The lowest BCUT2D eigenvalue weighted by atomic mass is 10.2. The van der Waals surface area contributed by atoms with E-state index in [1.54, 1.807) is 69.3 Å². The number of carbonyl (C=O) groups is 4.